The Bertz CT molecular complexity index is 5130. The standard InChI is InChI=1S/C16H13BF4O6S.C14H17BF4O6S.C13H15BF4O6S.C11H11BF4O6S.C10H9BF4O6S/c18-13-6-7-14(27-28(22,23)16(19,20)21)12(8-13)9-24-17-25-10-15(26-17)11-4-2-1-3-5-11;1-12(2)13(3,4)25-15(24-12)22-8-9-7-10(16)5-6-11(9)23-26(20,21)14(17,18)19;1-12(2)7-22-14(23-8-12)21-6-9-5-10(15)3-4-11(9)24-25(19,20)13(16,17)18;13-9-2-3-10(22-23(17,18)11(14,15)16)8(6-9)7-21-12-19-4-1-5-20-12;12-8-1-2-9(21-22(16,17)10(13,14)15)7(5-8)6-20-11-18-3-4-19-11/h1-8,15H,9-10H2;5-7H,8H2,1-4H3;3-5H,6-8H2,1-2H3;2-3,6H,1,4-5,7H2;1-2,5H,3-4,6H2. The van der Waals surface area contributed by atoms with E-state index < -0.39 is 223 Å². The highest BCUT2D eigenvalue weighted by atomic mass is 32.2. The number of rotatable bonds is 26. The first-order valence-corrected chi connectivity index (χ1v) is 41.5. The van der Waals surface area contributed by atoms with E-state index in [2.05, 4.69) is 20.9 Å². The lowest BCUT2D eigenvalue weighted by Crippen LogP contribution is -2.42. The number of hydrogen-bond donors (Lipinski definition) is 0. The summed E-state index contributed by atoms with van der Waals surface area (Å²) in [6, 6.07) is 20.7. The maximum Gasteiger partial charge on any atom is 0.640 e. The van der Waals surface area contributed by atoms with Crippen molar-refractivity contribution >= 4 is 87.2 Å². The average molecular weight is 1910 g/mol. The van der Waals surface area contributed by atoms with E-state index in [4.69, 9.17) is 69.8 Å². The fourth-order valence-corrected chi connectivity index (χ4v) is 11.7. The summed E-state index contributed by atoms with van der Waals surface area (Å²) in [5, 5.41) is 0. The molecular formula is C64H65B5F20O30S5. The van der Waals surface area contributed by atoms with Crippen LogP contribution < -0.4 is 20.9 Å². The molecule has 0 aromatic heterocycles. The molecule has 0 bridgehead atoms. The van der Waals surface area contributed by atoms with Crippen LogP contribution in [0.25, 0.3) is 0 Å². The Labute approximate surface area is 694 Å². The molecule has 1 unspecified atom stereocenters. The summed E-state index contributed by atoms with van der Waals surface area (Å²) in [5.41, 5.74) is -30.1. The van der Waals surface area contributed by atoms with Gasteiger partial charge in [0.1, 0.15) is 57.8 Å². The van der Waals surface area contributed by atoms with Gasteiger partial charge >= 0.3 is 115 Å². The molecule has 124 heavy (non-hydrogen) atoms. The van der Waals surface area contributed by atoms with Crippen LogP contribution >= 0.6 is 0 Å². The van der Waals surface area contributed by atoms with Gasteiger partial charge in [-0.05, 0) is 131 Å². The minimum atomic E-state index is -5.91. The van der Waals surface area contributed by atoms with Crippen LogP contribution in [0.1, 0.15) is 87.4 Å². The molecule has 30 nitrogen and oxygen atoms in total. The molecule has 5 aliphatic heterocycles. The van der Waals surface area contributed by atoms with Crippen LogP contribution in [0.2, 0.25) is 0 Å². The molecular weight excluding hydrogens is 1840 g/mol. The molecule has 5 saturated heterocycles. The third-order valence-corrected chi connectivity index (χ3v) is 20.9. The highest BCUT2D eigenvalue weighted by Crippen LogP contribution is 2.40. The summed E-state index contributed by atoms with van der Waals surface area (Å²) >= 11 is 0. The molecule has 5 aliphatic rings. The van der Waals surface area contributed by atoms with Gasteiger partial charge in [-0.2, -0.15) is 108 Å². The highest BCUT2D eigenvalue weighted by Gasteiger charge is 2.55. The Balaban J connectivity index is 0.000000213. The number of alkyl halides is 15. The summed E-state index contributed by atoms with van der Waals surface area (Å²) in [6.45, 7) is 10.4. The third kappa shape index (κ3) is 30.6. The van der Waals surface area contributed by atoms with E-state index >= 15 is 0 Å². The van der Waals surface area contributed by atoms with Crippen LogP contribution in [-0.4, -0.2) is 164 Å². The lowest BCUT2D eigenvalue weighted by molar-refractivity contribution is -0.0505. The molecule has 0 spiro atoms. The fraction of sp³-hybridized carbons (Fsp3) is 0.438. The van der Waals surface area contributed by atoms with Gasteiger partial charge in [-0.1, -0.05) is 44.2 Å². The van der Waals surface area contributed by atoms with Crippen molar-refractivity contribution < 1.29 is 221 Å². The van der Waals surface area contributed by atoms with Gasteiger partial charge in [-0.25, -0.2) is 22.0 Å². The Morgan fingerprint density at radius 2 is 0.581 bits per heavy atom. The second kappa shape index (κ2) is 42.1. The van der Waals surface area contributed by atoms with Crippen molar-refractivity contribution in [1.29, 1.82) is 0 Å². The van der Waals surface area contributed by atoms with Crippen LogP contribution in [-0.2, 0) is 153 Å². The van der Waals surface area contributed by atoms with Crippen molar-refractivity contribution in [3.63, 3.8) is 0 Å². The smallest absolute Gasteiger partial charge is 0.386 e. The van der Waals surface area contributed by atoms with Crippen molar-refractivity contribution in [1.82, 2.24) is 0 Å². The molecule has 0 aliphatic carbocycles. The minimum Gasteiger partial charge on any atom is -0.386 e. The van der Waals surface area contributed by atoms with E-state index in [0.29, 0.717) is 32.8 Å². The zero-order valence-electron chi connectivity index (χ0n) is 64.1. The molecule has 5 heterocycles. The summed E-state index contributed by atoms with van der Waals surface area (Å²) in [5.74, 6) is -7.54. The Kier molecular flexibility index (Phi) is 35.1. The van der Waals surface area contributed by atoms with Crippen molar-refractivity contribution in [3.8, 4) is 28.7 Å². The lowest BCUT2D eigenvalue weighted by Gasteiger charge is -2.32. The summed E-state index contributed by atoms with van der Waals surface area (Å²) in [6.07, 6.45) is 0.234. The lowest BCUT2D eigenvalue weighted by atomic mass is 9.90. The number of hydrogen-bond acceptors (Lipinski definition) is 30. The third-order valence-electron chi connectivity index (χ3n) is 16.1. The highest BCUT2D eigenvalue weighted by molar-refractivity contribution is 7.89. The number of benzene rings is 6. The van der Waals surface area contributed by atoms with Crippen molar-refractivity contribution in [2.45, 2.75) is 126 Å². The molecule has 0 N–H and O–H groups in total. The first-order valence-electron chi connectivity index (χ1n) is 34.5. The van der Waals surface area contributed by atoms with Crippen molar-refractivity contribution in [2.24, 2.45) is 5.41 Å². The molecule has 11 rings (SSSR count). The van der Waals surface area contributed by atoms with Gasteiger partial charge in [0.05, 0.1) is 70.2 Å². The van der Waals surface area contributed by atoms with Gasteiger partial charge in [0.2, 0.25) is 0 Å². The second-order valence-electron chi connectivity index (χ2n) is 26.9. The van der Waals surface area contributed by atoms with Crippen molar-refractivity contribution in [2.75, 3.05) is 46.2 Å². The molecule has 5 fully saturated rings. The quantitative estimate of drug-likeness (QED) is 0.0211. The van der Waals surface area contributed by atoms with Gasteiger partial charge in [-0.15, -0.1) is 0 Å². The van der Waals surface area contributed by atoms with Crippen LogP contribution in [0.4, 0.5) is 87.8 Å². The summed E-state index contributed by atoms with van der Waals surface area (Å²) in [7, 11) is -35.0. The molecule has 60 heteroatoms. The zero-order chi connectivity index (χ0) is 92.7. The van der Waals surface area contributed by atoms with Crippen molar-refractivity contribution in [3.05, 3.63) is 184 Å². The second-order valence-corrected chi connectivity index (χ2v) is 34.6. The predicted octanol–water partition coefficient (Wildman–Crippen LogP) is 12.7. The van der Waals surface area contributed by atoms with Gasteiger partial charge in [-0.3, -0.25) is 0 Å². The maximum atomic E-state index is 13.5. The molecule has 0 amide bonds. The fourth-order valence-electron chi connectivity index (χ4n) is 9.26. The van der Waals surface area contributed by atoms with E-state index in [1.54, 1.807) is 27.7 Å². The maximum absolute atomic E-state index is 13.5. The topological polar surface area (TPSA) is 355 Å². The van der Waals surface area contributed by atoms with E-state index in [1.165, 1.54) is 0 Å². The van der Waals surface area contributed by atoms with Crippen LogP contribution in [0.15, 0.2) is 121 Å². The average Bonchev–Trinajstić information content (AvgIpc) is 1.58. The van der Waals surface area contributed by atoms with E-state index in [9.17, 15) is 130 Å². The van der Waals surface area contributed by atoms with Gasteiger partial charge in [0.15, 0.2) is 0 Å². The normalized spacial score (nSPS) is 17.7. The largest absolute Gasteiger partial charge is 0.640 e. The Morgan fingerprint density at radius 3 is 0.855 bits per heavy atom. The van der Waals surface area contributed by atoms with Crippen LogP contribution in [0, 0.1) is 34.5 Å². The van der Waals surface area contributed by atoms with Gasteiger partial charge < -0.3 is 90.7 Å². The zero-order valence-corrected chi connectivity index (χ0v) is 68.1. The van der Waals surface area contributed by atoms with E-state index in [1.807, 2.05) is 44.2 Å². The molecule has 1 atom stereocenters. The number of halogens is 20. The van der Waals surface area contributed by atoms with E-state index in [-0.39, 0.29) is 53.1 Å². The molecule has 686 valence electrons. The summed E-state index contributed by atoms with van der Waals surface area (Å²) in [4.78, 5) is 0. The Hall–Kier alpha value is -7.61. The first kappa shape index (κ1) is 103. The van der Waals surface area contributed by atoms with E-state index in [0.717, 1.165) is 96.6 Å². The summed E-state index contributed by atoms with van der Waals surface area (Å²) < 4.78 is 462. The Morgan fingerprint density at radius 1 is 0.331 bits per heavy atom. The molecule has 0 radical (unpaired) electrons. The molecule has 0 saturated carbocycles. The monoisotopic (exact) mass is 1910 g/mol. The molecule has 6 aromatic rings. The molecule has 6 aromatic carbocycles. The van der Waals surface area contributed by atoms with Gasteiger partial charge in [0, 0.05) is 59.7 Å². The van der Waals surface area contributed by atoms with Crippen LogP contribution in [0.3, 0.4) is 0 Å². The minimum absolute atomic E-state index is 0.170. The van der Waals surface area contributed by atoms with Gasteiger partial charge in [0.25, 0.3) is 0 Å². The predicted molar refractivity (Wildman–Crippen MR) is 383 cm³/mol. The first-order chi connectivity index (χ1) is 57.1. The SMILES string of the molecule is CC1(C)COB(OCc2cc(F)ccc2OS(=O)(=O)C(F)(F)F)OC1.CC1(C)OB(OCc2cc(F)ccc2OS(=O)(=O)C(F)(F)F)OC1(C)C.O=S(=O)(Oc1ccc(F)cc1COB1OCC(c2ccccc2)O1)C(F)(F)F.O=S(=O)(Oc1ccc(F)cc1COB1OCCCO1)C(F)(F)F.O=S(=O)(Oc1ccc(F)cc1COB1OCCO1)C(F)(F)F. The van der Waals surface area contributed by atoms with Crippen LogP contribution in [0.5, 0.6) is 28.7 Å².